The Labute approximate surface area is 223 Å². The number of thioether (sulfide) groups is 1. The van der Waals surface area contributed by atoms with Gasteiger partial charge in [-0.2, -0.15) is 13.2 Å². The lowest BCUT2D eigenvalue weighted by atomic mass is 9.89. The first-order valence-electron chi connectivity index (χ1n) is 11.5. The molecule has 0 radical (unpaired) electrons. The molecule has 0 saturated carbocycles. The number of carbonyl (C=O) groups is 1. The van der Waals surface area contributed by atoms with Crippen molar-refractivity contribution in [3.63, 3.8) is 0 Å². The molecule has 0 saturated heterocycles. The minimum atomic E-state index is -4.57. The molecule has 5 rings (SSSR count). The standard InChI is InChI=1S/C26H21ClF3N3O2S2/c1-14-7-9-17-20(11-14)37-23-22(17)24(35)33(16-5-3-2-4-6-16)25(32-23)36-13-21(34)31-19-12-15(26(28,29)30)8-10-18(19)27/h2-6,8,10,12,14H,7,9,11,13H2,1H3,(H,31,34). The van der Waals surface area contributed by atoms with E-state index in [2.05, 4.69) is 12.2 Å². The highest BCUT2D eigenvalue weighted by atomic mass is 35.5. The van der Waals surface area contributed by atoms with Crippen LogP contribution in [0.1, 0.15) is 29.3 Å². The van der Waals surface area contributed by atoms with E-state index in [1.165, 1.54) is 20.8 Å². The number of halogens is 4. The highest BCUT2D eigenvalue weighted by Gasteiger charge is 2.31. The van der Waals surface area contributed by atoms with E-state index in [1.807, 2.05) is 18.2 Å². The number of carbonyl (C=O) groups excluding carboxylic acids is 1. The molecule has 4 aromatic rings. The van der Waals surface area contributed by atoms with Crippen molar-refractivity contribution in [2.75, 3.05) is 11.1 Å². The summed E-state index contributed by atoms with van der Waals surface area (Å²) in [6, 6.07) is 11.8. The molecule has 0 bridgehead atoms. The zero-order valence-corrected chi connectivity index (χ0v) is 22.0. The van der Waals surface area contributed by atoms with Crippen LogP contribution in [0.3, 0.4) is 0 Å². The van der Waals surface area contributed by atoms with Gasteiger partial charge in [0.1, 0.15) is 4.83 Å². The van der Waals surface area contributed by atoms with E-state index in [0.29, 0.717) is 27.0 Å². The van der Waals surface area contributed by atoms with E-state index < -0.39 is 17.6 Å². The number of thiophene rings is 1. The lowest BCUT2D eigenvalue weighted by molar-refractivity contribution is -0.137. The summed E-state index contributed by atoms with van der Waals surface area (Å²) >= 11 is 8.57. The smallest absolute Gasteiger partial charge is 0.324 e. The van der Waals surface area contributed by atoms with Gasteiger partial charge in [-0.05, 0) is 61.1 Å². The van der Waals surface area contributed by atoms with Crippen LogP contribution >= 0.6 is 34.7 Å². The number of alkyl halides is 3. The summed E-state index contributed by atoms with van der Waals surface area (Å²) < 4.78 is 40.8. The van der Waals surface area contributed by atoms with Gasteiger partial charge < -0.3 is 5.32 Å². The summed E-state index contributed by atoms with van der Waals surface area (Å²) in [5.41, 5.74) is 0.447. The summed E-state index contributed by atoms with van der Waals surface area (Å²) in [7, 11) is 0. The minimum Gasteiger partial charge on any atom is -0.324 e. The van der Waals surface area contributed by atoms with Crippen LogP contribution in [-0.2, 0) is 23.8 Å². The Bertz CT molecular complexity index is 1550. The lowest BCUT2D eigenvalue weighted by Gasteiger charge is -2.18. The molecule has 0 spiro atoms. The molecule has 192 valence electrons. The average molecular weight is 564 g/mol. The number of nitrogens with one attached hydrogen (secondary N) is 1. The Morgan fingerprint density at radius 3 is 2.73 bits per heavy atom. The number of benzene rings is 2. The van der Waals surface area contributed by atoms with Gasteiger partial charge in [0.2, 0.25) is 5.91 Å². The third-order valence-corrected chi connectivity index (χ3v) is 8.63. The molecule has 11 heteroatoms. The molecule has 1 amide bonds. The predicted octanol–water partition coefficient (Wildman–Crippen LogP) is 6.98. The van der Waals surface area contributed by atoms with Crippen molar-refractivity contribution in [1.29, 1.82) is 0 Å². The van der Waals surface area contributed by atoms with Crippen LogP contribution < -0.4 is 10.9 Å². The summed E-state index contributed by atoms with van der Waals surface area (Å²) in [6.07, 6.45) is -1.82. The topological polar surface area (TPSA) is 64.0 Å². The van der Waals surface area contributed by atoms with E-state index in [9.17, 15) is 22.8 Å². The van der Waals surface area contributed by atoms with Gasteiger partial charge in [-0.1, -0.05) is 48.5 Å². The molecular weight excluding hydrogens is 543 g/mol. The van der Waals surface area contributed by atoms with E-state index in [0.717, 1.165) is 54.8 Å². The molecule has 1 aliphatic rings. The van der Waals surface area contributed by atoms with Crippen molar-refractivity contribution in [3.8, 4) is 5.69 Å². The first-order chi connectivity index (χ1) is 17.6. The number of aromatic nitrogens is 2. The van der Waals surface area contributed by atoms with Gasteiger partial charge in [0, 0.05) is 4.88 Å². The largest absolute Gasteiger partial charge is 0.416 e. The van der Waals surface area contributed by atoms with Crippen LogP contribution in [0, 0.1) is 5.92 Å². The van der Waals surface area contributed by atoms with Gasteiger partial charge in [0.25, 0.3) is 5.56 Å². The molecule has 5 nitrogen and oxygen atoms in total. The third kappa shape index (κ3) is 5.28. The average Bonchev–Trinajstić information content (AvgIpc) is 3.21. The monoisotopic (exact) mass is 563 g/mol. The van der Waals surface area contributed by atoms with Crippen LogP contribution in [0.5, 0.6) is 0 Å². The fourth-order valence-electron chi connectivity index (χ4n) is 4.39. The Kier molecular flexibility index (Phi) is 7.08. The molecule has 2 aromatic heterocycles. The van der Waals surface area contributed by atoms with Crippen LogP contribution in [0.25, 0.3) is 15.9 Å². The summed E-state index contributed by atoms with van der Waals surface area (Å²) in [5, 5.41) is 3.39. The number of nitrogens with zero attached hydrogens (tertiary/aromatic N) is 2. The number of para-hydroxylation sites is 1. The number of hydrogen-bond acceptors (Lipinski definition) is 5. The van der Waals surface area contributed by atoms with E-state index in [1.54, 1.807) is 12.1 Å². The SMILES string of the molecule is CC1CCc2c(sc3nc(SCC(=O)Nc4cc(C(F)(F)F)ccc4Cl)n(-c4ccccc4)c(=O)c23)C1. The maximum absolute atomic E-state index is 13.8. The number of hydrogen-bond donors (Lipinski definition) is 1. The highest BCUT2D eigenvalue weighted by molar-refractivity contribution is 7.99. The normalized spacial score (nSPS) is 15.5. The fraction of sp³-hybridized carbons (Fsp3) is 0.269. The Morgan fingerprint density at radius 2 is 2.00 bits per heavy atom. The molecule has 1 N–H and O–H groups in total. The summed E-state index contributed by atoms with van der Waals surface area (Å²) in [4.78, 5) is 33.1. The van der Waals surface area contributed by atoms with Crippen molar-refractivity contribution < 1.29 is 18.0 Å². The quantitative estimate of drug-likeness (QED) is 0.210. The number of amides is 1. The molecular formula is C26H21ClF3N3O2S2. The molecule has 2 heterocycles. The van der Waals surface area contributed by atoms with Gasteiger partial charge in [-0.15, -0.1) is 11.3 Å². The lowest BCUT2D eigenvalue weighted by Crippen LogP contribution is -2.23. The summed E-state index contributed by atoms with van der Waals surface area (Å²) in [6.45, 7) is 2.19. The van der Waals surface area contributed by atoms with E-state index >= 15 is 0 Å². The summed E-state index contributed by atoms with van der Waals surface area (Å²) in [5.74, 6) is -0.212. The van der Waals surface area contributed by atoms with Gasteiger partial charge >= 0.3 is 6.18 Å². The van der Waals surface area contributed by atoms with Crippen LogP contribution in [0.2, 0.25) is 5.02 Å². The van der Waals surface area contributed by atoms with Gasteiger partial charge in [0.05, 0.1) is 33.1 Å². The van der Waals surface area contributed by atoms with E-state index in [-0.39, 0.29) is 22.0 Å². The second kappa shape index (κ2) is 10.2. The zero-order valence-electron chi connectivity index (χ0n) is 19.6. The number of fused-ring (bicyclic) bond motifs is 3. The van der Waals surface area contributed by atoms with Crippen molar-refractivity contribution in [2.45, 2.75) is 37.5 Å². The highest BCUT2D eigenvalue weighted by Crippen LogP contribution is 2.37. The third-order valence-electron chi connectivity index (χ3n) is 6.21. The van der Waals surface area contributed by atoms with Gasteiger partial charge in [-0.25, -0.2) is 4.98 Å². The zero-order chi connectivity index (χ0) is 26.3. The van der Waals surface area contributed by atoms with Crippen LogP contribution in [0.15, 0.2) is 58.5 Å². The van der Waals surface area contributed by atoms with Crippen molar-refractivity contribution in [2.24, 2.45) is 5.92 Å². The molecule has 1 atom stereocenters. The number of rotatable bonds is 5. The molecule has 2 aromatic carbocycles. The Morgan fingerprint density at radius 1 is 1.24 bits per heavy atom. The molecule has 0 aliphatic heterocycles. The van der Waals surface area contributed by atoms with Crippen molar-refractivity contribution >= 4 is 56.5 Å². The Hall–Kier alpha value is -2.82. The van der Waals surface area contributed by atoms with E-state index in [4.69, 9.17) is 16.6 Å². The number of aryl methyl sites for hydroxylation is 1. The molecule has 37 heavy (non-hydrogen) atoms. The maximum atomic E-state index is 13.8. The van der Waals surface area contributed by atoms with Gasteiger partial charge in [-0.3, -0.25) is 14.2 Å². The molecule has 1 aliphatic carbocycles. The number of anilines is 1. The Balaban J connectivity index is 1.48. The van der Waals surface area contributed by atoms with Crippen LogP contribution in [0.4, 0.5) is 18.9 Å². The van der Waals surface area contributed by atoms with Gasteiger partial charge in [0.15, 0.2) is 5.16 Å². The first kappa shape index (κ1) is 25.8. The second-order valence-electron chi connectivity index (χ2n) is 8.93. The fourth-order valence-corrected chi connectivity index (χ4v) is 6.79. The minimum absolute atomic E-state index is 0.00881. The first-order valence-corrected chi connectivity index (χ1v) is 13.7. The van der Waals surface area contributed by atoms with Crippen molar-refractivity contribution in [1.82, 2.24) is 9.55 Å². The maximum Gasteiger partial charge on any atom is 0.416 e. The van der Waals surface area contributed by atoms with Crippen molar-refractivity contribution in [3.05, 3.63) is 79.9 Å². The molecule has 0 fully saturated rings. The van der Waals surface area contributed by atoms with Crippen LogP contribution in [-0.4, -0.2) is 21.2 Å². The predicted molar refractivity (Wildman–Crippen MR) is 142 cm³/mol. The second-order valence-corrected chi connectivity index (χ2v) is 11.4. The molecule has 1 unspecified atom stereocenters.